The fraction of sp³-hybridized carbons (Fsp3) is 0. The van der Waals surface area contributed by atoms with E-state index in [9.17, 15) is 0 Å². The number of hydrogen-bond acceptors (Lipinski definition) is 2. The number of fused-ring (bicyclic) bond motifs is 8. The molecule has 49 heavy (non-hydrogen) atoms. The van der Waals surface area contributed by atoms with Crippen LogP contribution in [0, 0.1) is 0 Å². The molecule has 0 saturated carbocycles. The largest absolute Gasteiger partial charge is 2.00 e. The van der Waals surface area contributed by atoms with E-state index in [1.807, 2.05) is 24.3 Å². The Morgan fingerprint density at radius 1 is 0.286 bits per heavy atom. The van der Waals surface area contributed by atoms with Crippen molar-refractivity contribution in [2.24, 2.45) is 0 Å². The molecule has 0 aliphatic carbocycles. The summed E-state index contributed by atoms with van der Waals surface area (Å²) in [4.78, 5) is 21.2. The molecule has 235 valence electrons. The summed E-state index contributed by atoms with van der Waals surface area (Å²) in [5.74, 6) is 0. The van der Waals surface area contributed by atoms with Crippen LogP contribution < -0.4 is 9.97 Å². The van der Waals surface area contributed by atoms with Gasteiger partial charge in [-0.1, -0.05) is 146 Å². The van der Waals surface area contributed by atoms with Crippen molar-refractivity contribution in [3.63, 3.8) is 0 Å². The molecule has 4 nitrogen and oxygen atoms in total. The summed E-state index contributed by atoms with van der Waals surface area (Å²) in [6, 6.07) is 50.0. The number of aromatic nitrogens is 4. The average molecular weight is 676 g/mol. The van der Waals surface area contributed by atoms with E-state index in [4.69, 9.17) is 19.9 Å². The summed E-state index contributed by atoms with van der Waals surface area (Å²) in [6.07, 6.45) is 8.41. The zero-order valence-electron chi connectivity index (χ0n) is 26.3. The Bertz CT molecular complexity index is 2180. The SMILES string of the molecule is C1=Cc2nc1c(-c1ccccc1)c1ccc([n-]1)c(-c1ccccc1)c1nc(c(-c3ccccc3)c3ccc([n-]3)c2-c2ccccc2)C=C1.[Cu+2]. The Kier molecular flexibility index (Phi) is 7.98. The maximum atomic E-state index is 5.31. The molecular formula is C44H28CuN4. The minimum absolute atomic E-state index is 0. The van der Waals surface area contributed by atoms with Crippen molar-refractivity contribution in [3.05, 3.63) is 168 Å². The molecule has 8 bridgehead atoms. The first-order chi connectivity index (χ1) is 23.8. The topological polar surface area (TPSA) is 54.0 Å². The molecule has 0 unspecified atom stereocenters. The van der Waals surface area contributed by atoms with Gasteiger partial charge in [0.15, 0.2) is 0 Å². The zero-order chi connectivity index (χ0) is 31.9. The number of hydrogen-bond donors (Lipinski definition) is 0. The van der Waals surface area contributed by atoms with Gasteiger partial charge in [-0.25, -0.2) is 9.97 Å². The van der Waals surface area contributed by atoms with Crippen molar-refractivity contribution in [1.82, 2.24) is 19.9 Å². The summed E-state index contributed by atoms with van der Waals surface area (Å²) >= 11 is 0. The minimum atomic E-state index is 0. The molecule has 2 aliphatic heterocycles. The van der Waals surface area contributed by atoms with E-state index >= 15 is 0 Å². The summed E-state index contributed by atoms with van der Waals surface area (Å²) < 4.78 is 0. The van der Waals surface area contributed by atoms with Crippen LogP contribution in [0.2, 0.25) is 0 Å². The number of nitrogens with zero attached hydrogens (tertiary/aromatic N) is 4. The van der Waals surface area contributed by atoms with Gasteiger partial charge in [-0.15, -0.1) is 22.1 Å². The molecule has 1 radical (unpaired) electrons. The average Bonchev–Trinajstić information content (AvgIpc) is 3.98. The van der Waals surface area contributed by atoms with Crippen molar-refractivity contribution in [2.75, 3.05) is 0 Å². The molecule has 0 fully saturated rings. The first-order valence-electron chi connectivity index (χ1n) is 16.1. The molecule has 0 spiro atoms. The molecule has 0 N–H and O–H groups in total. The third-order valence-electron chi connectivity index (χ3n) is 8.86. The van der Waals surface area contributed by atoms with Crippen LogP contribution >= 0.6 is 0 Å². The van der Waals surface area contributed by atoms with E-state index in [0.717, 1.165) is 89.4 Å². The Hall–Kier alpha value is -6.00. The van der Waals surface area contributed by atoms with Crippen LogP contribution in [-0.4, -0.2) is 9.97 Å². The van der Waals surface area contributed by atoms with E-state index in [0.29, 0.717) is 0 Å². The maximum Gasteiger partial charge on any atom is 2.00 e. The van der Waals surface area contributed by atoms with E-state index in [1.54, 1.807) is 0 Å². The van der Waals surface area contributed by atoms with Crippen molar-refractivity contribution in [2.45, 2.75) is 0 Å². The van der Waals surface area contributed by atoms with Crippen molar-refractivity contribution in [3.8, 4) is 44.5 Å². The van der Waals surface area contributed by atoms with E-state index < -0.39 is 0 Å². The van der Waals surface area contributed by atoms with Gasteiger partial charge in [-0.05, 0) is 68.8 Å². The van der Waals surface area contributed by atoms with Gasteiger partial charge >= 0.3 is 17.1 Å². The van der Waals surface area contributed by atoms with Crippen LogP contribution in [0.5, 0.6) is 0 Å². The predicted molar refractivity (Wildman–Crippen MR) is 199 cm³/mol. The molecule has 5 heteroatoms. The maximum absolute atomic E-state index is 5.31. The summed E-state index contributed by atoms with van der Waals surface area (Å²) in [6.45, 7) is 0. The van der Waals surface area contributed by atoms with Gasteiger partial charge in [0, 0.05) is 0 Å². The molecule has 3 aromatic heterocycles. The molecule has 0 atom stereocenters. The first kappa shape index (κ1) is 30.3. The molecule has 0 saturated heterocycles. The second kappa shape index (κ2) is 12.9. The van der Waals surface area contributed by atoms with Gasteiger partial charge in [-0.2, -0.15) is 0 Å². The standard InChI is InChI=1S/C44H28N4.Cu/c1-5-13-29(14-6-1)41-33-21-23-35(45-33)42(30-15-7-2-8-16-30)37-25-27-39(47-37)44(32-19-11-4-12-20-32)40-28-26-38(48-40)43(31-17-9-3-10-18-31)36-24-22-34(41)46-36;/h1-28H;/q-2;+2. The van der Waals surface area contributed by atoms with Crippen molar-refractivity contribution in [1.29, 1.82) is 0 Å². The quantitative estimate of drug-likeness (QED) is 0.174. The van der Waals surface area contributed by atoms with Crippen molar-refractivity contribution >= 4 is 46.4 Å². The Labute approximate surface area is 295 Å². The van der Waals surface area contributed by atoms with E-state index in [-0.39, 0.29) is 17.1 Å². The number of benzene rings is 4. The van der Waals surface area contributed by atoms with Crippen LogP contribution in [0.4, 0.5) is 0 Å². The summed E-state index contributed by atoms with van der Waals surface area (Å²) in [5, 5.41) is 0. The Morgan fingerprint density at radius 3 is 0.735 bits per heavy atom. The van der Waals surface area contributed by atoms with Gasteiger partial charge in [0.2, 0.25) is 0 Å². The van der Waals surface area contributed by atoms with Crippen LogP contribution in [0.25, 0.3) is 90.9 Å². The molecule has 2 aliphatic rings. The smallest absolute Gasteiger partial charge is 0.657 e. The Morgan fingerprint density at radius 2 is 0.510 bits per heavy atom. The second-order valence-electron chi connectivity index (χ2n) is 11.8. The van der Waals surface area contributed by atoms with Gasteiger partial charge in [0.25, 0.3) is 0 Å². The molecule has 9 rings (SSSR count). The molecular weight excluding hydrogens is 648 g/mol. The fourth-order valence-corrected chi connectivity index (χ4v) is 6.69. The predicted octanol–water partition coefficient (Wildman–Crippen LogP) is 10.6. The molecule has 0 amide bonds. The summed E-state index contributed by atoms with van der Waals surface area (Å²) in [5.41, 5.74) is 15.0. The van der Waals surface area contributed by atoms with Crippen LogP contribution in [-0.2, 0) is 17.1 Å². The second-order valence-corrected chi connectivity index (χ2v) is 11.8. The first-order valence-corrected chi connectivity index (χ1v) is 16.1. The van der Waals surface area contributed by atoms with Gasteiger partial charge in [0.05, 0.1) is 22.8 Å². The zero-order valence-corrected chi connectivity index (χ0v) is 27.2. The van der Waals surface area contributed by atoms with Gasteiger partial charge < -0.3 is 9.97 Å². The van der Waals surface area contributed by atoms with E-state index in [2.05, 4.69) is 146 Å². The fourth-order valence-electron chi connectivity index (χ4n) is 6.69. The van der Waals surface area contributed by atoms with E-state index in [1.165, 1.54) is 0 Å². The van der Waals surface area contributed by atoms with Crippen molar-refractivity contribution < 1.29 is 17.1 Å². The number of rotatable bonds is 4. The van der Waals surface area contributed by atoms with Gasteiger partial charge in [-0.3, -0.25) is 0 Å². The Balaban J connectivity index is 0.00000348. The van der Waals surface area contributed by atoms with Crippen LogP contribution in [0.1, 0.15) is 22.8 Å². The third kappa shape index (κ3) is 5.55. The normalized spacial score (nSPS) is 11.8. The molecule has 4 aromatic carbocycles. The monoisotopic (exact) mass is 675 g/mol. The van der Waals surface area contributed by atoms with Crippen LogP contribution in [0.15, 0.2) is 146 Å². The minimum Gasteiger partial charge on any atom is -0.657 e. The summed E-state index contributed by atoms with van der Waals surface area (Å²) in [7, 11) is 0. The molecule has 5 heterocycles. The molecule has 7 aromatic rings. The third-order valence-corrected chi connectivity index (χ3v) is 8.86. The van der Waals surface area contributed by atoms with Crippen LogP contribution in [0.3, 0.4) is 0 Å². The van der Waals surface area contributed by atoms with Gasteiger partial charge in [0.1, 0.15) is 0 Å².